The van der Waals surface area contributed by atoms with E-state index in [0.29, 0.717) is 17.4 Å². The average Bonchev–Trinajstić information content (AvgIpc) is 3.15. The van der Waals surface area contributed by atoms with Crippen LogP contribution in [0.15, 0.2) is 0 Å². The Hall–Kier alpha value is -1.47. The van der Waals surface area contributed by atoms with Crippen molar-refractivity contribution in [3.05, 3.63) is 16.8 Å². The number of aromatic nitrogens is 1. The van der Waals surface area contributed by atoms with Crippen LogP contribution in [0.1, 0.15) is 36.6 Å². The van der Waals surface area contributed by atoms with Gasteiger partial charge in [0.2, 0.25) is 0 Å². The predicted molar refractivity (Wildman–Crippen MR) is 73.3 cm³/mol. The smallest absolute Gasteiger partial charge is 0.122 e. The maximum Gasteiger partial charge on any atom is 0.122 e. The number of nitriles is 1. The molecule has 4 heteroatoms. The number of rotatable bonds is 4. The van der Waals surface area contributed by atoms with Gasteiger partial charge in [0.1, 0.15) is 11.9 Å². The van der Waals surface area contributed by atoms with Crippen molar-refractivity contribution in [1.82, 2.24) is 9.47 Å². The third-order valence-corrected chi connectivity index (χ3v) is 4.25. The van der Waals surface area contributed by atoms with E-state index in [4.69, 9.17) is 11.0 Å². The zero-order valence-corrected chi connectivity index (χ0v) is 11.7. The zero-order valence-electron chi connectivity index (χ0n) is 11.7. The molecule has 1 aliphatic rings. The number of nitrogen functional groups attached to an aromatic ring is 1. The lowest BCUT2D eigenvalue weighted by molar-refractivity contribution is 0.226. The first-order valence-electron chi connectivity index (χ1n) is 6.54. The van der Waals surface area contributed by atoms with Crippen molar-refractivity contribution in [3.63, 3.8) is 0 Å². The van der Waals surface area contributed by atoms with E-state index >= 15 is 0 Å². The minimum Gasteiger partial charge on any atom is -0.384 e. The van der Waals surface area contributed by atoms with Gasteiger partial charge in [0, 0.05) is 24.3 Å². The molecule has 0 spiro atoms. The molecule has 1 unspecified atom stereocenters. The third-order valence-electron chi connectivity index (χ3n) is 4.25. The van der Waals surface area contributed by atoms with E-state index in [1.807, 2.05) is 13.8 Å². The lowest BCUT2D eigenvalue weighted by Crippen LogP contribution is -2.35. The summed E-state index contributed by atoms with van der Waals surface area (Å²) in [6, 6.07) is 3.39. The molecular formula is C14H22N4. The number of likely N-dealkylation sites (N-methyl/N-ethyl adjacent to an activating group) is 1. The fraction of sp³-hybridized carbons (Fsp3) is 0.643. The lowest BCUT2D eigenvalue weighted by Gasteiger charge is -2.26. The largest absolute Gasteiger partial charge is 0.384 e. The molecule has 1 atom stereocenters. The number of hydrogen-bond donors (Lipinski definition) is 1. The first-order valence-corrected chi connectivity index (χ1v) is 6.54. The average molecular weight is 246 g/mol. The molecular weight excluding hydrogens is 224 g/mol. The molecule has 18 heavy (non-hydrogen) atoms. The first kappa shape index (κ1) is 13.0. The molecule has 1 heterocycles. The van der Waals surface area contributed by atoms with E-state index in [0.717, 1.165) is 23.8 Å². The Morgan fingerprint density at radius 3 is 2.56 bits per heavy atom. The molecule has 1 fully saturated rings. The lowest BCUT2D eigenvalue weighted by atomic mass is 10.2. The number of hydrogen-bond acceptors (Lipinski definition) is 3. The molecule has 0 aromatic carbocycles. The fourth-order valence-corrected chi connectivity index (χ4v) is 2.50. The second kappa shape index (κ2) is 4.66. The van der Waals surface area contributed by atoms with Gasteiger partial charge in [-0.25, -0.2) is 0 Å². The Bertz CT molecular complexity index is 491. The number of anilines is 1. The number of nitrogens with zero attached hydrogens (tertiary/aromatic N) is 3. The molecule has 1 aromatic rings. The van der Waals surface area contributed by atoms with Crippen molar-refractivity contribution in [2.75, 3.05) is 12.8 Å². The zero-order chi connectivity index (χ0) is 13.4. The Morgan fingerprint density at radius 2 is 2.11 bits per heavy atom. The summed E-state index contributed by atoms with van der Waals surface area (Å²) in [5, 5.41) is 9.12. The Labute approximate surface area is 109 Å². The van der Waals surface area contributed by atoms with Gasteiger partial charge in [0.15, 0.2) is 0 Å². The van der Waals surface area contributed by atoms with E-state index in [-0.39, 0.29) is 0 Å². The first-order chi connectivity index (χ1) is 8.47. The second-order valence-electron chi connectivity index (χ2n) is 5.44. The van der Waals surface area contributed by atoms with Gasteiger partial charge in [0.25, 0.3) is 0 Å². The van der Waals surface area contributed by atoms with Crippen molar-refractivity contribution in [3.8, 4) is 6.07 Å². The molecule has 0 amide bonds. The van der Waals surface area contributed by atoms with Crippen LogP contribution < -0.4 is 5.73 Å². The van der Waals surface area contributed by atoms with Crippen LogP contribution in [0.5, 0.6) is 0 Å². The molecule has 0 aliphatic heterocycles. The van der Waals surface area contributed by atoms with E-state index in [9.17, 15) is 0 Å². The SMILES string of the molecule is Cc1c(C#N)c(N)n(CC(C)N(C)C2CC2)c1C. The maximum atomic E-state index is 9.12. The Balaban J connectivity index is 2.21. The summed E-state index contributed by atoms with van der Waals surface area (Å²) in [4.78, 5) is 2.42. The van der Waals surface area contributed by atoms with Gasteiger partial charge in [0.05, 0.1) is 5.56 Å². The van der Waals surface area contributed by atoms with E-state index in [2.05, 4.69) is 29.5 Å². The van der Waals surface area contributed by atoms with Gasteiger partial charge in [-0.15, -0.1) is 0 Å². The Kier molecular flexibility index (Phi) is 3.36. The van der Waals surface area contributed by atoms with Gasteiger partial charge in [-0.3, -0.25) is 4.90 Å². The predicted octanol–water partition coefficient (Wildman–Crippen LogP) is 2.04. The second-order valence-corrected chi connectivity index (χ2v) is 5.44. The van der Waals surface area contributed by atoms with Gasteiger partial charge >= 0.3 is 0 Å². The van der Waals surface area contributed by atoms with Crippen molar-refractivity contribution >= 4 is 5.82 Å². The minimum absolute atomic E-state index is 0.442. The molecule has 2 N–H and O–H groups in total. The summed E-state index contributed by atoms with van der Waals surface area (Å²) < 4.78 is 2.08. The van der Waals surface area contributed by atoms with Crippen molar-refractivity contribution in [2.45, 2.75) is 52.2 Å². The summed E-state index contributed by atoms with van der Waals surface area (Å²) in [5.41, 5.74) is 8.83. The highest BCUT2D eigenvalue weighted by atomic mass is 15.2. The van der Waals surface area contributed by atoms with Crippen molar-refractivity contribution < 1.29 is 0 Å². The van der Waals surface area contributed by atoms with Crippen LogP contribution in [-0.4, -0.2) is 28.6 Å². The molecule has 0 radical (unpaired) electrons. The summed E-state index contributed by atoms with van der Waals surface area (Å²) in [6.07, 6.45) is 2.62. The van der Waals surface area contributed by atoms with Gasteiger partial charge in [-0.2, -0.15) is 5.26 Å². The van der Waals surface area contributed by atoms with E-state index in [1.54, 1.807) is 0 Å². The molecule has 1 aliphatic carbocycles. The summed E-state index contributed by atoms with van der Waals surface area (Å²) in [6.45, 7) is 7.08. The summed E-state index contributed by atoms with van der Waals surface area (Å²) >= 11 is 0. The monoisotopic (exact) mass is 246 g/mol. The molecule has 98 valence electrons. The molecule has 1 saturated carbocycles. The van der Waals surface area contributed by atoms with Gasteiger partial charge < -0.3 is 10.3 Å². The normalized spacial score (nSPS) is 16.9. The van der Waals surface area contributed by atoms with Crippen LogP contribution in [0.3, 0.4) is 0 Å². The quantitative estimate of drug-likeness (QED) is 0.884. The topological polar surface area (TPSA) is 58.0 Å². The van der Waals surface area contributed by atoms with Crippen LogP contribution in [0, 0.1) is 25.2 Å². The molecule has 0 saturated heterocycles. The van der Waals surface area contributed by atoms with Crippen LogP contribution >= 0.6 is 0 Å². The fourth-order valence-electron chi connectivity index (χ4n) is 2.50. The van der Waals surface area contributed by atoms with Crippen LogP contribution in [-0.2, 0) is 6.54 Å². The van der Waals surface area contributed by atoms with E-state index < -0.39 is 0 Å². The van der Waals surface area contributed by atoms with Gasteiger partial charge in [-0.1, -0.05) is 0 Å². The summed E-state index contributed by atoms with van der Waals surface area (Å²) in [5.74, 6) is 0.614. The van der Waals surface area contributed by atoms with Crippen molar-refractivity contribution in [2.24, 2.45) is 0 Å². The highest BCUT2D eigenvalue weighted by Crippen LogP contribution is 2.29. The molecule has 0 bridgehead atoms. The summed E-state index contributed by atoms with van der Waals surface area (Å²) in [7, 11) is 2.18. The Morgan fingerprint density at radius 1 is 1.50 bits per heavy atom. The molecule has 1 aromatic heterocycles. The standard InChI is InChI=1S/C14H22N4/c1-9(17(4)12-5-6-12)8-18-11(3)10(2)13(7-15)14(18)16/h9,12H,5-6,8,16H2,1-4H3. The highest BCUT2D eigenvalue weighted by Gasteiger charge is 2.29. The number of nitrogens with two attached hydrogens (primary N) is 1. The minimum atomic E-state index is 0.442. The molecule has 2 rings (SSSR count). The van der Waals surface area contributed by atoms with Crippen LogP contribution in [0.25, 0.3) is 0 Å². The van der Waals surface area contributed by atoms with Crippen LogP contribution in [0.4, 0.5) is 5.82 Å². The van der Waals surface area contributed by atoms with Crippen molar-refractivity contribution in [1.29, 1.82) is 5.26 Å². The maximum absolute atomic E-state index is 9.12. The molecule has 4 nitrogen and oxygen atoms in total. The highest BCUT2D eigenvalue weighted by molar-refractivity contribution is 5.57. The third kappa shape index (κ3) is 2.11. The van der Waals surface area contributed by atoms with Gasteiger partial charge in [-0.05, 0) is 46.2 Å². The van der Waals surface area contributed by atoms with E-state index in [1.165, 1.54) is 12.8 Å². The van der Waals surface area contributed by atoms with Crippen LogP contribution in [0.2, 0.25) is 0 Å².